The van der Waals surface area contributed by atoms with Gasteiger partial charge < -0.3 is 10.6 Å². The van der Waals surface area contributed by atoms with Crippen LogP contribution in [0.25, 0.3) is 0 Å². The molecule has 0 spiro atoms. The first-order valence-corrected chi connectivity index (χ1v) is 6.10. The van der Waals surface area contributed by atoms with Gasteiger partial charge in [-0.15, -0.1) is 0 Å². The second-order valence-corrected chi connectivity index (χ2v) is 5.29. The Morgan fingerprint density at radius 1 is 1.38 bits per heavy atom. The lowest BCUT2D eigenvalue weighted by Gasteiger charge is -2.27. The number of rotatable bonds is 4. The van der Waals surface area contributed by atoms with Crippen LogP contribution in [0.4, 0.5) is 0 Å². The Bertz CT molecular complexity index is 232. The van der Waals surface area contributed by atoms with E-state index in [9.17, 15) is 4.79 Å². The molecule has 16 heavy (non-hydrogen) atoms. The zero-order valence-corrected chi connectivity index (χ0v) is 10.9. The molecule has 0 radical (unpaired) electrons. The summed E-state index contributed by atoms with van der Waals surface area (Å²) in [6.07, 6.45) is 0.545. The van der Waals surface area contributed by atoms with Crippen LogP contribution in [0.1, 0.15) is 20.3 Å². The second-order valence-electron chi connectivity index (χ2n) is 5.29. The number of likely N-dealkylation sites (tertiary alicyclic amines) is 1. The maximum absolute atomic E-state index is 11.7. The average Bonchev–Trinajstić information content (AvgIpc) is 2.55. The van der Waals surface area contributed by atoms with Crippen LogP contribution in [-0.2, 0) is 4.79 Å². The predicted molar refractivity (Wildman–Crippen MR) is 66.1 cm³/mol. The van der Waals surface area contributed by atoms with Crippen LogP contribution in [-0.4, -0.2) is 55.5 Å². The van der Waals surface area contributed by atoms with Gasteiger partial charge in [0.2, 0.25) is 5.91 Å². The fourth-order valence-corrected chi connectivity index (χ4v) is 2.22. The summed E-state index contributed by atoms with van der Waals surface area (Å²) >= 11 is 0. The predicted octanol–water partition coefficient (Wildman–Crippen LogP) is 0.380. The molecule has 1 rings (SSSR count). The van der Waals surface area contributed by atoms with E-state index >= 15 is 0 Å². The molecule has 1 aliphatic rings. The van der Waals surface area contributed by atoms with Gasteiger partial charge in [-0.25, -0.2) is 0 Å². The van der Waals surface area contributed by atoms with E-state index in [0.29, 0.717) is 24.8 Å². The highest BCUT2D eigenvalue weighted by Gasteiger charge is 2.31. The van der Waals surface area contributed by atoms with Crippen LogP contribution in [0.2, 0.25) is 0 Å². The molecule has 94 valence electrons. The maximum atomic E-state index is 11.7. The van der Waals surface area contributed by atoms with E-state index in [1.807, 2.05) is 0 Å². The summed E-state index contributed by atoms with van der Waals surface area (Å²) in [5.74, 6) is 1.59. The van der Waals surface area contributed by atoms with Gasteiger partial charge in [0.1, 0.15) is 0 Å². The van der Waals surface area contributed by atoms with Gasteiger partial charge in [0, 0.05) is 46.2 Å². The molecule has 0 aromatic heterocycles. The van der Waals surface area contributed by atoms with Crippen LogP contribution >= 0.6 is 0 Å². The Morgan fingerprint density at radius 2 is 1.88 bits per heavy atom. The van der Waals surface area contributed by atoms with Crippen molar-refractivity contribution >= 4 is 5.91 Å². The highest BCUT2D eigenvalue weighted by atomic mass is 16.2. The van der Waals surface area contributed by atoms with Gasteiger partial charge in [0.05, 0.1) is 0 Å². The fourth-order valence-electron chi connectivity index (χ4n) is 2.22. The second kappa shape index (κ2) is 5.64. The molecule has 4 heteroatoms. The standard InChI is InChI=1S/C12H25N3O/c1-9-7-15(8-10(9)2)11(6-13)5-12(16)14(3)4/h9-11H,5-8,13H2,1-4H3. The van der Waals surface area contributed by atoms with Crippen molar-refractivity contribution in [2.45, 2.75) is 26.3 Å². The summed E-state index contributed by atoms with van der Waals surface area (Å²) in [5, 5.41) is 0. The van der Waals surface area contributed by atoms with Crippen LogP contribution in [0.15, 0.2) is 0 Å². The smallest absolute Gasteiger partial charge is 0.223 e. The number of hydrogen-bond donors (Lipinski definition) is 1. The number of nitrogens with zero attached hydrogens (tertiary/aromatic N) is 2. The van der Waals surface area contributed by atoms with E-state index in [4.69, 9.17) is 5.73 Å². The van der Waals surface area contributed by atoms with E-state index in [-0.39, 0.29) is 11.9 Å². The van der Waals surface area contributed by atoms with Crippen molar-refractivity contribution in [2.24, 2.45) is 17.6 Å². The first kappa shape index (κ1) is 13.5. The van der Waals surface area contributed by atoms with Gasteiger partial charge in [-0.3, -0.25) is 9.69 Å². The Hall–Kier alpha value is -0.610. The lowest BCUT2D eigenvalue weighted by molar-refractivity contribution is -0.129. The lowest BCUT2D eigenvalue weighted by atomic mass is 10.0. The number of carbonyl (C=O) groups is 1. The van der Waals surface area contributed by atoms with E-state index in [1.165, 1.54) is 0 Å². The molecule has 0 saturated carbocycles. The van der Waals surface area contributed by atoms with Crippen molar-refractivity contribution in [1.29, 1.82) is 0 Å². The van der Waals surface area contributed by atoms with Crippen LogP contribution < -0.4 is 5.73 Å². The van der Waals surface area contributed by atoms with Crippen LogP contribution in [0.5, 0.6) is 0 Å². The quantitative estimate of drug-likeness (QED) is 0.755. The summed E-state index contributed by atoms with van der Waals surface area (Å²) in [4.78, 5) is 15.7. The minimum atomic E-state index is 0.169. The molecule has 1 amide bonds. The molecule has 3 atom stereocenters. The molecule has 1 heterocycles. The molecule has 0 aromatic rings. The van der Waals surface area contributed by atoms with Gasteiger partial charge in [-0.1, -0.05) is 13.8 Å². The van der Waals surface area contributed by atoms with E-state index in [2.05, 4.69) is 18.7 Å². The molecule has 0 aromatic carbocycles. The monoisotopic (exact) mass is 227 g/mol. The normalized spacial score (nSPS) is 28.1. The Morgan fingerprint density at radius 3 is 2.25 bits per heavy atom. The summed E-state index contributed by atoms with van der Waals surface area (Å²) in [7, 11) is 3.59. The zero-order chi connectivity index (χ0) is 12.3. The van der Waals surface area contributed by atoms with Crippen molar-refractivity contribution in [2.75, 3.05) is 33.7 Å². The lowest BCUT2D eigenvalue weighted by Crippen LogP contribution is -2.42. The SMILES string of the molecule is CC1CN(C(CN)CC(=O)N(C)C)CC1C. The number of hydrogen-bond acceptors (Lipinski definition) is 3. The zero-order valence-electron chi connectivity index (χ0n) is 10.9. The van der Waals surface area contributed by atoms with Gasteiger partial charge in [-0.2, -0.15) is 0 Å². The van der Waals surface area contributed by atoms with Gasteiger partial charge in [-0.05, 0) is 11.8 Å². The maximum Gasteiger partial charge on any atom is 0.223 e. The highest BCUT2D eigenvalue weighted by molar-refractivity contribution is 5.76. The third-order valence-corrected chi connectivity index (χ3v) is 3.71. The molecular formula is C12H25N3O. The van der Waals surface area contributed by atoms with Crippen molar-refractivity contribution in [3.63, 3.8) is 0 Å². The molecule has 4 nitrogen and oxygen atoms in total. The molecular weight excluding hydrogens is 202 g/mol. The van der Waals surface area contributed by atoms with Gasteiger partial charge in [0.25, 0.3) is 0 Å². The largest absolute Gasteiger partial charge is 0.349 e. The Labute approximate surface area is 98.8 Å². The van der Waals surface area contributed by atoms with E-state index in [1.54, 1.807) is 19.0 Å². The third kappa shape index (κ3) is 3.19. The molecule has 1 fully saturated rings. The summed E-state index contributed by atoms with van der Waals surface area (Å²) in [5.41, 5.74) is 5.78. The fraction of sp³-hybridized carbons (Fsp3) is 0.917. The van der Waals surface area contributed by atoms with Crippen molar-refractivity contribution in [1.82, 2.24) is 9.80 Å². The number of amides is 1. The Balaban J connectivity index is 2.52. The first-order chi connectivity index (χ1) is 7.45. The van der Waals surface area contributed by atoms with Crippen molar-refractivity contribution < 1.29 is 4.79 Å². The molecule has 0 aliphatic carbocycles. The van der Waals surface area contributed by atoms with E-state index < -0.39 is 0 Å². The molecule has 2 N–H and O–H groups in total. The average molecular weight is 227 g/mol. The summed E-state index contributed by atoms with van der Waals surface area (Å²) in [6.45, 7) is 7.25. The van der Waals surface area contributed by atoms with Gasteiger partial charge in [0.15, 0.2) is 0 Å². The first-order valence-electron chi connectivity index (χ1n) is 6.10. The Kier molecular flexibility index (Phi) is 4.74. The molecule has 1 aliphatic heterocycles. The minimum absolute atomic E-state index is 0.169. The van der Waals surface area contributed by atoms with Crippen LogP contribution in [0.3, 0.4) is 0 Å². The van der Waals surface area contributed by atoms with E-state index in [0.717, 1.165) is 13.1 Å². The summed E-state index contributed by atoms with van der Waals surface area (Å²) in [6, 6.07) is 0.210. The topological polar surface area (TPSA) is 49.6 Å². The number of carbonyl (C=O) groups excluding carboxylic acids is 1. The van der Waals surface area contributed by atoms with Crippen LogP contribution in [0, 0.1) is 11.8 Å². The number of nitrogens with two attached hydrogens (primary N) is 1. The highest BCUT2D eigenvalue weighted by Crippen LogP contribution is 2.24. The van der Waals surface area contributed by atoms with Crippen molar-refractivity contribution in [3.8, 4) is 0 Å². The minimum Gasteiger partial charge on any atom is -0.349 e. The van der Waals surface area contributed by atoms with Gasteiger partial charge >= 0.3 is 0 Å². The summed E-state index contributed by atoms with van der Waals surface area (Å²) < 4.78 is 0. The third-order valence-electron chi connectivity index (χ3n) is 3.71. The molecule has 1 saturated heterocycles. The molecule has 3 unspecified atom stereocenters. The van der Waals surface area contributed by atoms with Crippen molar-refractivity contribution in [3.05, 3.63) is 0 Å². The molecule has 0 bridgehead atoms.